The Hall–Kier alpha value is -0.570. The Bertz CT molecular complexity index is 240. The number of hydrogen-bond acceptors (Lipinski definition) is 3. The van der Waals surface area contributed by atoms with E-state index in [2.05, 4.69) is 25.8 Å². The molecule has 2 nitrogen and oxygen atoms in total. The first-order chi connectivity index (χ1) is 5.15. The predicted octanol–water partition coefficient (Wildman–Crippen LogP) is 2.41. The van der Waals surface area contributed by atoms with Crippen LogP contribution >= 0.6 is 11.3 Å². The van der Waals surface area contributed by atoms with E-state index in [1.807, 2.05) is 0 Å². The third-order valence-electron chi connectivity index (χ3n) is 1.60. The quantitative estimate of drug-likeness (QED) is 0.740. The van der Waals surface area contributed by atoms with Crippen LogP contribution < -0.4 is 5.73 Å². The molecule has 1 heterocycles. The average molecular weight is 170 g/mol. The van der Waals surface area contributed by atoms with Crippen LogP contribution in [0.15, 0.2) is 0 Å². The first-order valence-corrected chi connectivity index (χ1v) is 4.71. The lowest BCUT2D eigenvalue weighted by atomic mass is 10.1. The van der Waals surface area contributed by atoms with E-state index in [0.29, 0.717) is 11.0 Å². The fourth-order valence-electron chi connectivity index (χ4n) is 1.09. The highest BCUT2D eigenvalue weighted by Gasteiger charge is 2.10. The van der Waals surface area contributed by atoms with Gasteiger partial charge in [-0.1, -0.05) is 20.8 Å². The molecule has 1 aromatic heterocycles. The van der Waals surface area contributed by atoms with Gasteiger partial charge in [-0.2, -0.15) is 0 Å². The summed E-state index contributed by atoms with van der Waals surface area (Å²) in [6, 6.07) is 0. The summed E-state index contributed by atoms with van der Waals surface area (Å²) in [6.45, 7) is 6.46. The molecule has 11 heavy (non-hydrogen) atoms. The van der Waals surface area contributed by atoms with Gasteiger partial charge in [0.15, 0.2) is 5.13 Å². The van der Waals surface area contributed by atoms with Gasteiger partial charge in [0.1, 0.15) is 0 Å². The maximum absolute atomic E-state index is 5.60. The molecule has 0 aliphatic heterocycles. The van der Waals surface area contributed by atoms with Crippen molar-refractivity contribution in [2.75, 3.05) is 5.73 Å². The van der Waals surface area contributed by atoms with Crippen LogP contribution in [-0.2, 0) is 6.42 Å². The first kappa shape index (κ1) is 8.53. The Morgan fingerprint density at radius 3 is 2.55 bits per heavy atom. The van der Waals surface area contributed by atoms with Gasteiger partial charge in [0, 0.05) is 4.88 Å². The second-order valence-electron chi connectivity index (χ2n) is 2.87. The molecule has 0 aliphatic rings. The van der Waals surface area contributed by atoms with Gasteiger partial charge in [0.25, 0.3) is 0 Å². The number of hydrogen-bond donors (Lipinski definition) is 1. The van der Waals surface area contributed by atoms with Crippen molar-refractivity contribution in [1.82, 2.24) is 4.98 Å². The fourth-order valence-corrected chi connectivity index (χ4v) is 2.01. The van der Waals surface area contributed by atoms with E-state index in [1.54, 1.807) is 11.3 Å². The van der Waals surface area contributed by atoms with E-state index in [0.717, 1.165) is 6.42 Å². The molecule has 0 bridgehead atoms. The summed E-state index contributed by atoms with van der Waals surface area (Å²) in [5.74, 6) is 0.555. The molecule has 62 valence electrons. The average Bonchev–Trinajstić information content (AvgIpc) is 2.30. The monoisotopic (exact) mass is 170 g/mol. The molecule has 2 N–H and O–H groups in total. The summed E-state index contributed by atoms with van der Waals surface area (Å²) >= 11 is 1.61. The van der Waals surface area contributed by atoms with Crippen LogP contribution in [-0.4, -0.2) is 4.98 Å². The second-order valence-corrected chi connectivity index (χ2v) is 3.93. The Morgan fingerprint density at radius 2 is 2.18 bits per heavy atom. The molecule has 0 radical (unpaired) electrons. The smallest absolute Gasteiger partial charge is 0.180 e. The molecule has 0 amide bonds. The van der Waals surface area contributed by atoms with Crippen molar-refractivity contribution >= 4 is 16.5 Å². The Kier molecular flexibility index (Phi) is 2.49. The van der Waals surface area contributed by atoms with Gasteiger partial charge in [-0.15, -0.1) is 11.3 Å². The van der Waals surface area contributed by atoms with Crippen molar-refractivity contribution < 1.29 is 0 Å². The third kappa shape index (κ3) is 1.71. The second kappa shape index (κ2) is 3.22. The van der Waals surface area contributed by atoms with Gasteiger partial charge in [-0.05, 0) is 12.3 Å². The minimum atomic E-state index is 0.555. The van der Waals surface area contributed by atoms with E-state index < -0.39 is 0 Å². The highest BCUT2D eigenvalue weighted by Crippen LogP contribution is 2.27. The molecule has 0 spiro atoms. The van der Waals surface area contributed by atoms with E-state index in [1.165, 1.54) is 10.6 Å². The van der Waals surface area contributed by atoms with E-state index >= 15 is 0 Å². The third-order valence-corrected chi connectivity index (χ3v) is 2.83. The number of rotatable bonds is 2. The largest absolute Gasteiger partial charge is 0.375 e. The number of aryl methyl sites for hydroxylation is 1. The van der Waals surface area contributed by atoms with Crippen molar-refractivity contribution in [2.45, 2.75) is 33.1 Å². The first-order valence-electron chi connectivity index (χ1n) is 3.90. The number of thiazole rings is 1. The molecule has 0 fully saturated rings. The van der Waals surface area contributed by atoms with Gasteiger partial charge in [-0.25, -0.2) is 4.98 Å². The maximum atomic E-state index is 5.60. The summed E-state index contributed by atoms with van der Waals surface area (Å²) in [7, 11) is 0. The zero-order valence-corrected chi connectivity index (χ0v) is 8.03. The van der Waals surface area contributed by atoms with Crippen LogP contribution in [0.25, 0.3) is 0 Å². The van der Waals surface area contributed by atoms with Gasteiger partial charge in [0.05, 0.1) is 5.69 Å². The normalized spacial score (nSPS) is 10.9. The highest BCUT2D eigenvalue weighted by atomic mass is 32.1. The SMILES string of the molecule is CCc1nc(N)sc1C(C)C. The standard InChI is InChI=1S/C8H14N2S/c1-4-6-7(5(2)3)11-8(9)10-6/h5H,4H2,1-3H3,(H2,9,10). The molecule has 0 unspecified atom stereocenters. The molecule has 0 aromatic carbocycles. The van der Waals surface area contributed by atoms with Gasteiger partial charge < -0.3 is 5.73 Å². The predicted molar refractivity (Wildman–Crippen MR) is 50.0 cm³/mol. The van der Waals surface area contributed by atoms with E-state index in [4.69, 9.17) is 5.73 Å². The molecule has 1 rings (SSSR count). The molecule has 0 atom stereocenters. The molecule has 0 saturated carbocycles. The van der Waals surface area contributed by atoms with Gasteiger partial charge >= 0.3 is 0 Å². The summed E-state index contributed by atoms with van der Waals surface area (Å²) in [5.41, 5.74) is 6.77. The minimum absolute atomic E-state index is 0.555. The van der Waals surface area contributed by atoms with Crippen LogP contribution in [0.1, 0.15) is 37.3 Å². The fraction of sp³-hybridized carbons (Fsp3) is 0.625. The molecule has 3 heteroatoms. The van der Waals surface area contributed by atoms with Gasteiger partial charge in [0.2, 0.25) is 0 Å². The zero-order valence-electron chi connectivity index (χ0n) is 7.22. The Morgan fingerprint density at radius 1 is 1.55 bits per heavy atom. The number of nitrogens with zero attached hydrogens (tertiary/aromatic N) is 1. The molecule has 0 saturated heterocycles. The van der Waals surface area contributed by atoms with Crippen LogP contribution in [0, 0.1) is 0 Å². The van der Waals surface area contributed by atoms with Crippen molar-refractivity contribution in [3.63, 3.8) is 0 Å². The molecule has 0 aliphatic carbocycles. The Balaban J connectivity index is 3.02. The van der Waals surface area contributed by atoms with Crippen molar-refractivity contribution in [1.29, 1.82) is 0 Å². The van der Waals surface area contributed by atoms with Crippen LogP contribution in [0.5, 0.6) is 0 Å². The Labute approximate surface area is 71.5 Å². The highest BCUT2D eigenvalue weighted by molar-refractivity contribution is 7.15. The lowest BCUT2D eigenvalue weighted by Gasteiger charge is -2.01. The van der Waals surface area contributed by atoms with Crippen molar-refractivity contribution in [2.24, 2.45) is 0 Å². The number of nitrogens with two attached hydrogens (primary N) is 1. The maximum Gasteiger partial charge on any atom is 0.180 e. The van der Waals surface area contributed by atoms with Crippen molar-refractivity contribution in [3.8, 4) is 0 Å². The molecular weight excluding hydrogens is 156 g/mol. The summed E-state index contributed by atoms with van der Waals surface area (Å²) in [5, 5.41) is 0.700. The van der Waals surface area contributed by atoms with Crippen LogP contribution in [0.2, 0.25) is 0 Å². The number of aromatic nitrogens is 1. The van der Waals surface area contributed by atoms with Crippen LogP contribution in [0.4, 0.5) is 5.13 Å². The lowest BCUT2D eigenvalue weighted by Crippen LogP contribution is -1.90. The minimum Gasteiger partial charge on any atom is -0.375 e. The number of anilines is 1. The van der Waals surface area contributed by atoms with E-state index in [-0.39, 0.29) is 0 Å². The summed E-state index contributed by atoms with van der Waals surface area (Å²) in [4.78, 5) is 5.58. The molecular formula is C8H14N2S. The zero-order chi connectivity index (χ0) is 8.43. The summed E-state index contributed by atoms with van der Waals surface area (Å²) in [6.07, 6.45) is 0.987. The molecule has 1 aromatic rings. The number of nitrogen functional groups attached to an aromatic ring is 1. The van der Waals surface area contributed by atoms with Gasteiger partial charge in [-0.3, -0.25) is 0 Å². The van der Waals surface area contributed by atoms with Crippen LogP contribution in [0.3, 0.4) is 0 Å². The lowest BCUT2D eigenvalue weighted by molar-refractivity contribution is 0.856. The van der Waals surface area contributed by atoms with Crippen molar-refractivity contribution in [3.05, 3.63) is 10.6 Å². The topological polar surface area (TPSA) is 38.9 Å². The summed E-state index contributed by atoms with van der Waals surface area (Å²) < 4.78 is 0. The van der Waals surface area contributed by atoms with E-state index in [9.17, 15) is 0 Å².